The smallest absolute Gasteiger partial charge is 0.233 e. The van der Waals surface area contributed by atoms with Crippen LogP contribution in [0, 0.1) is 18.7 Å². The van der Waals surface area contributed by atoms with Crippen molar-refractivity contribution in [2.45, 2.75) is 44.6 Å². The highest BCUT2D eigenvalue weighted by Crippen LogP contribution is 2.50. The first-order valence-electron chi connectivity index (χ1n) is 10.5. The molecule has 2 aliphatic rings. The number of benzene rings is 2. The molecule has 2 fully saturated rings. The predicted molar refractivity (Wildman–Crippen MR) is 117 cm³/mol. The van der Waals surface area contributed by atoms with Crippen LogP contribution in [0.1, 0.15) is 42.4 Å². The molecule has 0 bridgehead atoms. The van der Waals surface area contributed by atoms with E-state index in [0.29, 0.717) is 38.0 Å². The third-order valence-electron chi connectivity index (χ3n) is 6.39. The molecule has 0 radical (unpaired) electrons. The number of nitrogens with zero attached hydrogens (tertiary/aromatic N) is 1. The summed E-state index contributed by atoms with van der Waals surface area (Å²) in [6.07, 6.45) is 3.09. The lowest BCUT2D eigenvalue weighted by Gasteiger charge is -2.34. The van der Waals surface area contributed by atoms with Crippen LogP contribution in [0.15, 0.2) is 46.9 Å². The molecule has 1 aliphatic carbocycles. The zero-order valence-corrected chi connectivity index (χ0v) is 18.7. The highest BCUT2D eigenvalue weighted by Gasteiger charge is 2.53. The number of aryl methyl sites for hydroxylation is 1. The monoisotopic (exact) mass is 472 g/mol. The number of hydrogen-bond donors (Lipinski definition) is 1. The van der Waals surface area contributed by atoms with E-state index in [1.54, 1.807) is 13.0 Å². The Hall–Kier alpha value is -2.21. The second-order valence-corrected chi connectivity index (χ2v) is 9.38. The fourth-order valence-corrected chi connectivity index (χ4v) is 4.66. The topological polar surface area (TPSA) is 49.4 Å². The van der Waals surface area contributed by atoms with Crippen molar-refractivity contribution < 1.29 is 14.0 Å². The lowest BCUT2D eigenvalue weighted by molar-refractivity contribution is -0.137. The molecule has 2 aromatic rings. The first-order valence-corrected chi connectivity index (χ1v) is 11.3. The number of rotatable bonds is 5. The van der Waals surface area contributed by atoms with Gasteiger partial charge in [0.2, 0.25) is 11.8 Å². The number of likely N-dealkylation sites (tertiary alicyclic amines) is 1. The van der Waals surface area contributed by atoms with Crippen molar-refractivity contribution in [1.82, 2.24) is 10.2 Å². The normalized spacial score (nSPS) is 18.2. The van der Waals surface area contributed by atoms with Gasteiger partial charge in [0.15, 0.2) is 0 Å². The van der Waals surface area contributed by atoms with E-state index in [4.69, 9.17) is 0 Å². The van der Waals surface area contributed by atoms with E-state index in [2.05, 4.69) is 21.2 Å². The van der Waals surface area contributed by atoms with Crippen molar-refractivity contribution in [2.24, 2.45) is 5.92 Å². The van der Waals surface area contributed by atoms with Crippen LogP contribution in [0.4, 0.5) is 4.39 Å². The Morgan fingerprint density at radius 3 is 2.53 bits per heavy atom. The third kappa shape index (κ3) is 4.29. The van der Waals surface area contributed by atoms with Crippen LogP contribution < -0.4 is 5.32 Å². The minimum absolute atomic E-state index is 0.0174. The number of halogens is 2. The maximum Gasteiger partial charge on any atom is 0.233 e. The van der Waals surface area contributed by atoms with Crippen LogP contribution >= 0.6 is 15.9 Å². The molecule has 0 atom stereocenters. The average molecular weight is 473 g/mol. The molecule has 0 aromatic heterocycles. The quantitative estimate of drug-likeness (QED) is 0.696. The van der Waals surface area contributed by atoms with Gasteiger partial charge in [-0.3, -0.25) is 9.59 Å². The first-order chi connectivity index (χ1) is 14.4. The number of hydrogen-bond acceptors (Lipinski definition) is 2. The Kier molecular flexibility index (Phi) is 5.96. The van der Waals surface area contributed by atoms with Crippen LogP contribution in [0.3, 0.4) is 0 Å². The largest absolute Gasteiger partial charge is 0.352 e. The molecule has 4 nitrogen and oxygen atoms in total. The Balaban J connectivity index is 1.30. The molecule has 1 saturated heterocycles. The highest BCUT2D eigenvalue weighted by molar-refractivity contribution is 9.10. The van der Waals surface area contributed by atoms with E-state index in [1.165, 1.54) is 6.07 Å². The van der Waals surface area contributed by atoms with Crippen molar-refractivity contribution in [3.63, 3.8) is 0 Å². The summed E-state index contributed by atoms with van der Waals surface area (Å²) in [7, 11) is 0. The van der Waals surface area contributed by atoms with Crippen molar-refractivity contribution in [3.05, 3.63) is 69.4 Å². The summed E-state index contributed by atoms with van der Waals surface area (Å²) < 4.78 is 14.7. The summed E-state index contributed by atoms with van der Waals surface area (Å²) in [6.45, 7) is 3.24. The molecule has 30 heavy (non-hydrogen) atoms. The van der Waals surface area contributed by atoms with E-state index >= 15 is 0 Å². The molecule has 2 aromatic carbocycles. The van der Waals surface area contributed by atoms with Crippen molar-refractivity contribution >= 4 is 27.7 Å². The zero-order valence-electron chi connectivity index (χ0n) is 17.1. The van der Waals surface area contributed by atoms with E-state index < -0.39 is 0 Å². The van der Waals surface area contributed by atoms with Gasteiger partial charge in [-0.15, -0.1) is 0 Å². The van der Waals surface area contributed by atoms with Crippen molar-refractivity contribution in [1.29, 1.82) is 0 Å². The highest BCUT2D eigenvalue weighted by atomic mass is 79.9. The predicted octanol–water partition coefficient (Wildman–Crippen LogP) is 4.48. The SMILES string of the molecule is Cc1ccc(CNC(=O)C2CCN(C(=O)C3(c4cccc(Br)c4)CC3)CC2)cc1F. The molecule has 6 heteroatoms. The van der Waals surface area contributed by atoms with Gasteiger partial charge in [-0.25, -0.2) is 4.39 Å². The summed E-state index contributed by atoms with van der Waals surface area (Å²) in [6, 6.07) is 13.0. The van der Waals surface area contributed by atoms with E-state index in [0.717, 1.165) is 28.4 Å². The molecule has 158 valence electrons. The van der Waals surface area contributed by atoms with Crippen molar-refractivity contribution in [3.8, 4) is 0 Å². The Labute approximate surface area is 185 Å². The van der Waals surface area contributed by atoms with Crippen LogP contribution in [0.2, 0.25) is 0 Å². The zero-order chi connectivity index (χ0) is 21.3. The van der Waals surface area contributed by atoms with Crippen LogP contribution in [0.25, 0.3) is 0 Å². The van der Waals surface area contributed by atoms with E-state index in [1.807, 2.05) is 35.2 Å². The molecular formula is C24H26BrFN2O2. The first kappa shape index (κ1) is 21.0. The van der Waals surface area contributed by atoms with Crippen LogP contribution in [-0.2, 0) is 21.5 Å². The Morgan fingerprint density at radius 2 is 1.90 bits per heavy atom. The minimum Gasteiger partial charge on any atom is -0.352 e. The van der Waals surface area contributed by atoms with E-state index in [9.17, 15) is 14.0 Å². The van der Waals surface area contributed by atoms with Gasteiger partial charge in [-0.1, -0.05) is 40.2 Å². The fraction of sp³-hybridized carbons (Fsp3) is 0.417. The number of carbonyl (C=O) groups is 2. The molecule has 0 spiro atoms. The maximum absolute atomic E-state index is 13.7. The van der Waals surface area contributed by atoms with Crippen molar-refractivity contribution in [2.75, 3.05) is 13.1 Å². The summed E-state index contributed by atoms with van der Waals surface area (Å²) in [5.41, 5.74) is 2.04. The average Bonchev–Trinajstić information content (AvgIpc) is 3.56. The van der Waals surface area contributed by atoms with Gasteiger partial charge >= 0.3 is 0 Å². The lowest BCUT2D eigenvalue weighted by Crippen LogP contribution is -2.46. The molecule has 4 rings (SSSR count). The fourth-order valence-electron chi connectivity index (χ4n) is 4.26. The standard InChI is InChI=1S/C24H26BrFN2O2/c1-16-5-6-17(13-21(16)26)15-27-22(29)18-7-11-28(12-8-18)23(30)24(9-10-24)19-3-2-4-20(25)14-19/h2-6,13-14,18H,7-12,15H2,1H3,(H,27,29). The Morgan fingerprint density at radius 1 is 1.17 bits per heavy atom. The molecule has 0 unspecified atom stereocenters. The molecule has 1 heterocycles. The summed E-state index contributed by atoms with van der Waals surface area (Å²) >= 11 is 3.50. The molecular weight excluding hydrogens is 447 g/mol. The van der Waals surface area contributed by atoms with Gasteiger partial charge in [-0.05, 0) is 67.5 Å². The summed E-state index contributed by atoms with van der Waals surface area (Å²) in [5, 5.41) is 2.92. The van der Waals surface area contributed by atoms with Crippen LogP contribution in [0.5, 0.6) is 0 Å². The molecule has 1 N–H and O–H groups in total. The number of nitrogens with one attached hydrogen (secondary N) is 1. The molecule has 1 saturated carbocycles. The van der Waals surface area contributed by atoms with Gasteiger partial charge in [0.05, 0.1) is 5.41 Å². The molecule has 1 aliphatic heterocycles. The Bertz CT molecular complexity index is 965. The van der Waals surface area contributed by atoms with Crippen LogP contribution in [-0.4, -0.2) is 29.8 Å². The van der Waals surface area contributed by atoms with Gasteiger partial charge in [0.1, 0.15) is 5.82 Å². The molecule has 2 amide bonds. The van der Waals surface area contributed by atoms with Gasteiger partial charge in [0.25, 0.3) is 0 Å². The maximum atomic E-state index is 13.7. The lowest BCUT2D eigenvalue weighted by atomic mass is 9.91. The number of piperidine rings is 1. The third-order valence-corrected chi connectivity index (χ3v) is 6.89. The summed E-state index contributed by atoms with van der Waals surface area (Å²) in [4.78, 5) is 27.7. The second kappa shape index (κ2) is 8.50. The summed E-state index contributed by atoms with van der Waals surface area (Å²) in [5.74, 6) is -0.191. The van der Waals surface area contributed by atoms with E-state index in [-0.39, 0.29) is 29.0 Å². The number of amides is 2. The minimum atomic E-state index is -0.381. The number of carbonyl (C=O) groups excluding carboxylic acids is 2. The van der Waals surface area contributed by atoms with Gasteiger partial charge in [0, 0.05) is 30.0 Å². The van der Waals surface area contributed by atoms with Gasteiger partial charge < -0.3 is 10.2 Å². The second-order valence-electron chi connectivity index (χ2n) is 8.46. The van der Waals surface area contributed by atoms with Gasteiger partial charge in [-0.2, -0.15) is 0 Å².